The molecule has 0 saturated heterocycles. The molecule has 1 aliphatic rings. The third-order valence-corrected chi connectivity index (χ3v) is 6.02. The Bertz CT molecular complexity index is 319. The Morgan fingerprint density at radius 2 is 2.31 bits per heavy atom. The van der Waals surface area contributed by atoms with Crippen molar-refractivity contribution in [3.63, 3.8) is 0 Å². The van der Waals surface area contributed by atoms with Gasteiger partial charge in [-0.25, -0.2) is 0 Å². The minimum Gasteiger partial charge on any atom is -0.315 e. The molecule has 2 atom stereocenters. The van der Waals surface area contributed by atoms with Gasteiger partial charge in [0, 0.05) is 11.3 Å². The molecule has 1 aromatic heterocycles. The van der Waals surface area contributed by atoms with Crippen molar-refractivity contribution in [2.45, 2.75) is 48.6 Å². The maximum absolute atomic E-state index is 3.54. The predicted molar refractivity (Wildman–Crippen MR) is 74.4 cm³/mol. The first-order chi connectivity index (χ1) is 7.63. The van der Waals surface area contributed by atoms with Gasteiger partial charge in [-0.15, -0.1) is 23.1 Å². The molecule has 1 N–H and O–H groups in total. The average molecular weight is 255 g/mol. The summed E-state index contributed by atoms with van der Waals surface area (Å²) in [5, 5.41) is 6.44. The van der Waals surface area contributed by atoms with Crippen molar-refractivity contribution in [2.75, 3.05) is 7.05 Å². The van der Waals surface area contributed by atoms with Crippen LogP contribution in [0.1, 0.15) is 33.1 Å². The van der Waals surface area contributed by atoms with Crippen LogP contribution in [0.4, 0.5) is 0 Å². The van der Waals surface area contributed by atoms with Crippen molar-refractivity contribution in [2.24, 2.45) is 5.41 Å². The van der Waals surface area contributed by atoms with Gasteiger partial charge in [-0.05, 0) is 36.8 Å². The monoisotopic (exact) mass is 255 g/mol. The largest absolute Gasteiger partial charge is 0.315 e. The molecule has 1 aliphatic carbocycles. The van der Waals surface area contributed by atoms with E-state index in [1.165, 1.54) is 23.5 Å². The van der Waals surface area contributed by atoms with E-state index in [0.29, 0.717) is 11.5 Å². The zero-order chi connectivity index (χ0) is 11.6. The smallest absolute Gasteiger partial charge is 0.0601 e. The number of nitrogens with one attached hydrogen (secondary N) is 1. The highest BCUT2D eigenvalue weighted by molar-refractivity contribution is 8.01. The van der Waals surface area contributed by atoms with Crippen LogP contribution in [0.25, 0.3) is 0 Å². The lowest BCUT2D eigenvalue weighted by molar-refractivity contribution is 0.182. The molecule has 0 aliphatic heterocycles. The predicted octanol–water partition coefficient (Wildman–Crippen LogP) is 4.01. The zero-order valence-corrected chi connectivity index (χ0v) is 12.0. The summed E-state index contributed by atoms with van der Waals surface area (Å²) in [6.45, 7) is 4.80. The highest BCUT2D eigenvalue weighted by Gasteiger charge is 2.38. The molecule has 1 saturated carbocycles. The first-order valence-electron chi connectivity index (χ1n) is 6.01. The maximum Gasteiger partial charge on any atom is 0.0601 e. The summed E-state index contributed by atoms with van der Waals surface area (Å²) >= 11 is 3.93. The van der Waals surface area contributed by atoms with E-state index in [4.69, 9.17) is 0 Å². The molecular weight excluding hydrogens is 234 g/mol. The summed E-state index contributed by atoms with van der Waals surface area (Å²) in [4.78, 5) is 0. The SMILES string of the molecule is CNC1C(Sc2cccs2)CCCC1(C)C. The fourth-order valence-corrected chi connectivity index (χ4v) is 5.36. The molecule has 0 spiro atoms. The highest BCUT2D eigenvalue weighted by Crippen LogP contribution is 2.43. The molecule has 1 nitrogen and oxygen atoms in total. The van der Waals surface area contributed by atoms with E-state index in [9.17, 15) is 0 Å². The Morgan fingerprint density at radius 3 is 2.94 bits per heavy atom. The molecule has 2 rings (SSSR count). The highest BCUT2D eigenvalue weighted by atomic mass is 32.2. The summed E-state index contributed by atoms with van der Waals surface area (Å²) in [6.07, 6.45) is 4.06. The molecule has 0 aromatic carbocycles. The van der Waals surface area contributed by atoms with Gasteiger partial charge < -0.3 is 5.32 Å². The molecule has 0 bridgehead atoms. The zero-order valence-electron chi connectivity index (χ0n) is 10.3. The third-order valence-electron chi connectivity index (χ3n) is 3.60. The van der Waals surface area contributed by atoms with Crippen molar-refractivity contribution >= 4 is 23.1 Å². The van der Waals surface area contributed by atoms with Crippen molar-refractivity contribution in [3.05, 3.63) is 17.5 Å². The topological polar surface area (TPSA) is 12.0 Å². The van der Waals surface area contributed by atoms with Gasteiger partial charge in [0.05, 0.1) is 4.21 Å². The summed E-state index contributed by atoms with van der Waals surface area (Å²) in [5.41, 5.74) is 0.432. The Labute approximate surface area is 107 Å². The minimum absolute atomic E-state index is 0.432. The first kappa shape index (κ1) is 12.5. The van der Waals surface area contributed by atoms with Crippen LogP contribution in [0.15, 0.2) is 21.7 Å². The van der Waals surface area contributed by atoms with E-state index >= 15 is 0 Å². The molecular formula is C13H21NS2. The molecule has 0 amide bonds. The van der Waals surface area contributed by atoms with Gasteiger partial charge >= 0.3 is 0 Å². The number of rotatable bonds is 3. The second kappa shape index (κ2) is 5.11. The molecule has 3 heteroatoms. The second-order valence-electron chi connectivity index (χ2n) is 5.24. The summed E-state index contributed by atoms with van der Waals surface area (Å²) in [5.74, 6) is 0. The molecule has 16 heavy (non-hydrogen) atoms. The Morgan fingerprint density at radius 1 is 1.50 bits per heavy atom. The fraction of sp³-hybridized carbons (Fsp3) is 0.692. The number of hydrogen-bond donors (Lipinski definition) is 1. The number of thiophene rings is 1. The summed E-state index contributed by atoms with van der Waals surface area (Å²) < 4.78 is 1.46. The van der Waals surface area contributed by atoms with Crippen molar-refractivity contribution in [1.82, 2.24) is 5.32 Å². The van der Waals surface area contributed by atoms with E-state index in [1.54, 1.807) is 0 Å². The number of hydrogen-bond acceptors (Lipinski definition) is 3. The van der Waals surface area contributed by atoms with E-state index in [1.807, 2.05) is 11.3 Å². The second-order valence-corrected chi connectivity index (χ2v) is 7.72. The standard InChI is InChI=1S/C13H21NS2/c1-13(2)8-4-6-10(12(13)14-3)16-11-7-5-9-15-11/h5,7,9-10,12,14H,4,6,8H2,1-3H3. The molecule has 1 aromatic rings. The van der Waals surface area contributed by atoms with Gasteiger partial charge in [-0.2, -0.15) is 0 Å². The van der Waals surface area contributed by atoms with Gasteiger partial charge in [0.2, 0.25) is 0 Å². The molecule has 0 radical (unpaired) electrons. The third kappa shape index (κ3) is 2.63. The quantitative estimate of drug-likeness (QED) is 0.876. The molecule has 90 valence electrons. The van der Waals surface area contributed by atoms with Crippen LogP contribution in [0.3, 0.4) is 0 Å². The van der Waals surface area contributed by atoms with Gasteiger partial charge in [-0.3, -0.25) is 0 Å². The summed E-state index contributed by atoms with van der Waals surface area (Å²) in [7, 11) is 2.11. The first-order valence-corrected chi connectivity index (χ1v) is 7.77. The lowest BCUT2D eigenvalue weighted by Crippen LogP contribution is -2.49. The average Bonchev–Trinajstić information content (AvgIpc) is 2.69. The Kier molecular flexibility index (Phi) is 3.98. The number of thioether (sulfide) groups is 1. The van der Waals surface area contributed by atoms with Crippen LogP contribution in [0.5, 0.6) is 0 Å². The van der Waals surface area contributed by atoms with E-state index in [2.05, 4.69) is 55.5 Å². The fourth-order valence-electron chi connectivity index (χ4n) is 2.77. The van der Waals surface area contributed by atoms with Gasteiger partial charge in [0.1, 0.15) is 0 Å². The minimum atomic E-state index is 0.432. The van der Waals surface area contributed by atoms with Gasteiger partial charge in [0.25, 0.3) is 0 Å². The van der Waals surface area contributed by atoms with Crippen LogP contribution in [0, 0.1) is 5.41 Å². The van der Waals surface area contributed by atoms with Gasteiger partial charge in [-0.1, -0.05) is 26.3 Å². The van der Waals surface area contributed by atoms with Crippen LogP contribution < -0.4 is 5.32 Å². The molecule has 1 heterocycles. The Hall–Kier alpha value is 0.01000. The van der Waals surface area contributed by atoms with Crippen LogP contribution in [-0.2, 0) is 0 Å². The van der Waals surface area contributed by atoms with E-state index in [-0.39, 0.29) is 0 Å². The summed E-state index contributed by atoms with van der Waals surface area (Å²) in [6, 6.07) is 5.02. The van der Waals surface area contributed by atoms with E-state index < -0.39 is 0 Å². The Balaban J connectivity index is 2.07. The molecule has 1 fully saturated rings. The van der Waals surface area contributed by atoms with Crippen molar-refractivity contribution < 1.29 is 0 Å². The van der Waals surface area contributed by atoms with Crippen LogP contribution in [0.2, 0.25) is 0 Å². The maximum atomic E-state index is 3.54. The van der Waals surface area contributed by atoms with Crippen LogP contribution in [-0.4, -0.2) is 18.3 Å². The van der Waals surface area contributed by atoms with Crippen molar-refractivity contribution in [1.29, 1.82) is 0 Å². The van der Waals surface area contributed by atoms with Crippen LogP contribution >= 0.6 is 23.1 Å². The van der Waals surface area contributed by atoms with Crippen molar-refractivity contribution in [3.8, 4) is 0 Å². The van der Waals surface area contributed by atoms with E-state index in [0.717, 1.165) is 5.25 Å². The van der Waals surface area contributed by atoms with Gasteiger partial charge in [0.15, 0.2) is 0 Å². The lowest BCUT2D eigenvalue weighted by Gasteiger charge is -2.43. The normalized spacial score (nSPS) is 29.2. The molecule has 2 unspecified atom stereocenters. The lowest BCUT2D eigenvalue weighted by atomic mass is 9.73.